The Balaban J connectivity index is 1.67. The van der Waals surface area contributed by atoms with Crippen molar-refractivity contribution in [2.45, 2.75) is 58.4 Å². The second-order valence-electron chi connectivity index (χ2n) is 7.59. The summed E-state index contributed by atoms with van der Waals surface area (Å²) in [5.74, 6) is 3.90. The third-order valence-electron chi connectivity index (χ3n) is 6.19. The predicted molar refractivity (Wildman–Crippen MR) is 75.6 cm³/mol. The van der Waals surface area contributed by atoms with Crippen LogP contribution in [-0.4, -0.2) is 9.97 Å². The summed E-state index contributed by atoms with van der Waals surface area (Å²) < 4.78 is 0. The lowest BCUT2D eigenvalue weighted by Crippen LogP contribution is -2.51. The van der Waals surface area contributed by atoms with Crippen molar-refractivity contribution in [1.29, 1.82) is 0 Å². The third-order valence-corrected chi connectivity index (χ3v) is 6.19. The molecule has 0 radical (unpaired) electrons. The van der Waals surface area contributed by atoms with E-state index in [2.05, 4.69) is 23.8 Å². The molecule has 5 rings (SSSR count). The number of H-pyrrole nitrogens is 1. The van der Waals surface area contributed by atoms with Crippen molar-refractivity contribution in [3.8, 4) is 0 Å². The molecule has 4 saturated carbocycles. The Kier molecular flexibility index (Phi) is 2.42. The van der Waals surface area contributed by atoms with Gasteiger partial charge in [-0.25, -0.2) is 4.98 Å². The molecular formula is C16H25N3. The largest absolute Gasteiger partial charge is 0.345 e. The molecule has 4 aliphatic rings. The Morgan fingerprint density at radius 1 is 1.11 bits per heavy atom. The van der Waals surface area contributed by atoms with E-state index in [9.17, 15) is 0 Å². The number of aromatic amines is 1. The third kappa shape index (κ3) is 1.70. The second kappa shape index (κ2) is 3.85. The fourth-order valence-corrected chi connectivity index (χ4v) is 5.57. The zero-order valence-corrected chi connectivity index (χ0v) is 12.1. The maximum atomic E-state index is 6.68. The van der Waals surface area contributed by atoms with Gasteiger partial charge in [0.15, 0.2) is 0 Å². The first-order chi connectivity index (χ1) is 9.06. The number of imidazole rings is 1. The molecule has 4 aliphatic carbocycles. The van der Waals surface area contributed by atoms with Gasteiger partial charge >= 0.3 is 0 Å². The fourth-order valence-electron chi connectivity index (χ4n) is 5.57. The van der Waals surface area contributed by atoms with Crippen molar-refractivity contribution >= 4 is 0 Å². The van der Waals surface area contributed by atoms with Gasteiger partial charge in [0, 0.05) is 5.69 Å². The number of aromatic nitrogens is 2. The molecule has 1 heterocycles. The van der Waals surface area contributed by atoms with Gasteiger partial charge in [0.1, 0.15) is 5.82 Å². The van der Waals surface area contributed by atoms with Crippen molar-refractivity contribution in [2.75, 3.05) is 0 Å². The summed E-state index contributed by atoms with van der Waals surface area (Å²) in [7, 11) is 0. The molecule has 3 nitrogen and oxygen atoms in total. The van der Waals surface area contributed by atoms with Crippen LogP contribution in [0.2, 0.25) is 0 Å². The van der Waals surface area contributed by atoms with Crippen LogP contribution in [0.4, 0.5) is 0 Å². The monoisotopic (exact) mass is 259 g/mol. The molecule has 1 aromatic heterocycles. The van der Waals surface area contributed by atoms with Crippen LogP contribution in [0.1, 0.15) is 61.8 Å². The van der Waals surface area contributed by atoms with E-state index in [-0.39, 0.29) is 6.04 Å². The Morgan fingerprint density at radius 3 is 2.05 bits per heavy atom. The van der Waals surface area contributed by atoms with Crippen LogP contribution in [0.5, 0.6) is 0 Å². The zero-order chi connectivity index (χ0) is 13.2. The van der Waals surface area contributed by atoms with E-state index in [0.29, 0.717) is 5.41 Å². The molecule has 3 heteroatoms. The summed E-state index contributed by atoms with van der Waals surface area (Å²) in [6.45, 7) is 4.17. The Labute approximate surface area is 115 Å². The lowest BCUT2D eigenvalue weighted by atomic mass is 9.47. The number of nitrogens with two attached hydrogens (primary N) is 1. The highest BCUT2D eigenvalue weighted by Gasteiger charge is 2.54. The smallest absolute Gasteiger partial charge is 0.124 e. The van der Waals surface area contributed by atoms with Gasteiger partial charge in [0.2, 0.25) is 0 Å². The molecule has 3 N–H and O–H groups in total. The lowest BCUT2D eigenvalue weighted by Gasteiger charge is -2.58. The van der Waals surface area contributed by atoms with Crippen molar-refractivity contribution in [3.05, 3.63) is 17.2 Å². The van der Waals surface area contributed by atoms with Crippen LogP contribution in [0, 0.1) is 37.0 Å². The number of hydrogen-bond donors (Lipinski definition) is 2. The summed E-state index contributed by atoms with van der Waals surface area (Å²) in [4.78, 5) is 8.12. The summed E-state index contributed by atoms with van der Waals surface area (Å²) >= 11 is 0. The SMILES string of the molecule is Cc1nc(C(N)C23CC4CC(CC(C4)C2)C3)[nH]c1C. The van der Waals surface area contributed by atoms with E-state index in [1.54, 1.807) is 0 Å². The van der Waals surface area contributed by atoms with Crippen LogP contribution in [0.25, 0.3) is 0 Å². The van der Waals surface area contributed by atoms with Gasteiger partial charge in [0.05, 0.1) is 11.7 Å². The molecule has 4 bridgehead atoms. The highest BCUT2D eigenvalue weighted by Crippen LogP contribution is 2.63. The quantitative estimate of drug-likeness (QED) is 0.856. The van der Waals surface area contributed by atoms with Gasteiger partial charge in [-0.3, -0.25) is 0 Å². The Hall–Kier alpha value is -0.830. The number of aryl methyl sites for hydroxylation is 2. The molecule has 1 unspecified atom stereocenters. The van der Waals surface area contributed by atoms with Gasteiger partial charge in [-0.2, -0.15) is 0 Å². The predicted octanol–water partition coefficient (Wildman–Crippen LogP) is 3.24. The Bertz CT molecular complexity index is 447. The van der Waals surface area contributed by atoms with Crippen LogP contribution in [-0.2, 0) is 0 Å². The average Bonchev–Trinajstić information content (AvgIpc) is 2.67. The molecule has 0 amide bonds. The van der Waals surface area contributed by atoms with Crippen molar-refractivity contribution < 1.29 is 0 Å². The van der Waals surface area contributed by atoms with E-state index >= 15 is 0 Å². The second-order valence-corrected chi connectivity index (χ2v) is 7.59. The number of rotatable bonds is 2. The molecule has 4 fully saturated rings. The highest BCUT2D eigenvalue weighted by atomic mass is 15.0. The van der Waals surface area contributed by atoms with Crippen molar-refractivity contribution in [2.24, 2.45) is 28.9 Å². The first-order valence-electron chi connectivity index (χ1n) is 7.84. The molecule has 19 heavy (non-hydrogen) atoms. The van der Waals surface area contributed by atoms with Gasteiger partial charge in [-0.05, 0) is 75.5 Å². The summed E-state index contributed by atoms with van der Waals surface area (Å²) in [5, 5.41) is 0. The first kappa shape index (κ1) is 12.0. The van der Waals surface area contributed by atoms with E-state index < -0.39 is 0 Å². The Morgan fingerprint density at radius 2 is 1.63 bits per heavy atom. The maximum absolute atomic E-state index is 6.68. The van der Waals surface area contributed by atoms with Gasteiger partial charge < -0.3 is 10.7 Å². The minimum absolute atomic E-state index is 0.119. The van der Waals surface area contributed by atoms with Crippen molar-refractivity contribution in [1.82, 2.24) is 9.97 Å². The average molecular weight is 259 g/mol. The molecule has 0 saturated heterocycles. The molecular weight excluding hydrogens is 234 g/mol. The highest BCUT2D eigenvalue weighted by molar-refractivity contribution is 5.17. The van der Waals surface area contributed by atoms with Gasteiger partial charge in [-0.15, -0.1) is 0 Å². The molecule has 1 atom stereocenters. The van der Waals surface area contributed by atoms with E-state index in [1.165, 1.54) is 44.2 Å². The standard InChI is InChI=1S/C16H25N3/c1-9-10(2)19-15(18-9)14(17)16-6-11-3-12(7-16)5-13(4-11)8-16/h11-14H,3-8,17H2,1-2H3,(H,18,19). The summed E-state index contributed by atoms with van der Waals surface area (Å²) in [6, 6.07) is 0.119. The minimum atomic E-state index is 0.119. The topological polar surface area (TPSA) is 54.7 Å². The van der Waals surface area contributed by atoms with Crippen molar-refractivity contribution in [3.63, 3.8) is 0 Å². The van der Waals surface area contributed by atoms with Crippen LogP contribution in [0.3, 0.4) is 0 Å². The fraction of sp³-hybridized carbons (Fsp3) is 0.812. The van der Waals surface area contributed by atoms with Crippen LogP contribution >= 0.6 is 0 Å². The summed E-state index contributed by atoms with van der Waals surface area (Å²) in [5.41, 5.74) is 9.32. The van der Waals surface area contributed by atoms with E-state index in [4.69, 9.17) is 5.73 Å². The molecule has 1 aromatic rings. The molecule has 0 aromatic carbocycles. The lowest BCUT2D eigenvalue weighted by molar-refractivity contribution is -0.0690. The first-order valence-corrected chi connectivity index (χ1v) is 7.84. The maximum Gasteiger partial charge on any atom is 0.124 e. The number of nitrogens with zero attached hydrogens (tertiary/aromatic N) is 1. The van der Waals surface area contributed by atoms with Crippen LogP contribution in [0.15, 0.2) is 0 Å². The number of nitrogens with one attached hydrogen (secondary N) is 1. The van der Waals surface area contributed by atoms with E-state index in [1.807, 2.05) is 0 Å². The minimum Gasteiger partial charge on any atom is -0.345 e. The molecule has 0 aliphatic heterocycles. The van der Waals surface area contributed by atoms with E-state index in [0.717, 1.165) is 29.3 Å². The zero-order valence-electron chi connectivity index (χ0n) is 12.1. The van der Waals surface area contributed by atoms with Crippen LogP contribution < -0.4 is 5.73 Å². The van der Waals surface area contributed by atoms with Gasteiger partial charge in [-0.1, -0.05) is 0 Å². The summed E-state index contributed by atoms with van der Waals surface area (Å²) in [6.07, 6.45) is 8.46. The van der Waals surface area contributed by atoms with Gasteiger partial charge in [0.25, 0.3) is 0 Å². The molecule has 104 valence electrons. The normalized spacial score (nSPS) is 41.7. The number of hydrogen-bond acceptors (Lipinski definition) is 2. The molecule has 0 spiro atoms.